The van der Waals surface area contributed by atoms with Crippen molar-refractivity contribution in [1.29, 1.82) is 0 Å². The molecule has 1 aliphatic carbocycles. The number of nitrogens with two attached hydrogens (primary N) is 1. The minimum atomic E-state index is -0.735. The lowest BCUT2D eigenvalue weighted by molar-refractivity contribution is 0.102. The number of thiazole rings is 1. The Morgan fingerprint density at radius 3 is 2.82 bits per heavy atom. The first-order valence-corrected chi connectivity index (χ1v) is 11.7. The van der Waals surface area contributed by atoms with Crippen LogP contribution in [0.3, 0.4) is 0 Å². The van der Waals surface area contributed by atoms with Gasteiger partial charge >= 0.3 is 0 Å². The van der Waals surface area contributed by atoms with Crippen LogP contribution in [0.2, 0.25) is 0 Å². The van der Waals surface area contributed by atoms with Crippen LogP contribution >= 0.6 is 11.3 Å². The molecule has 0 unspecified atom stereocenters. The number of fused-ring (bicyclic) bond motifs is 1. The molecular formula is C23H23F2N5O2S. The zero-order chi connectivity index (χ0) is 23.1. The van der Waals surface area contributed by atoms with E-state index in [0.29, 0.717) is 30.8 Å². The number of hydrogen-bond donors (Lipinski definition) is 3. The van der Waals surface area contributed by atoms with Gasteiger partial charge in [0, 0.05) is 30.1 Å². The molecule has 3 aromatic rings. The van der Waals surface area contributed by atoms with Crippen molar-refractivity contribution in [2.75, 3.05) is 23.3 Å². The molecule has 2 aliphatic rings. The molecule has 2 atom stereocenters. The van der Waals surface area contributed by atoms with Gasteiger partial charge in [0.25, 0.3) is 5.91 Å². The number of benzene rings is 1. The lowest BCUT2D eigenvalue weighted by Gasteiger charge is -2.35. The molecule has 7 nitrogen and oxygen atoms in total. The number of aromatic nitrogens is 2. The molecule has 172 valence electrons. The Kier molecular flexibility index (Phi) is 5.81. The topological polar surface area (TPSA) is 104 Å². The summed E-state index contributed by atoms with van der Waals surface area (Å²) in [5.41, 5.74) is 8.89. The van der Waals surface area contributed by atoms with E-state index in [1.165, 1.54) is 11.4 Å². The molecule has 2 aromatic heterocycles. The number of hydrogen-bond acceptors (Lipinski definition) is 7. The number of carbonyl (C=O) groups is 1. The van der Waals surface area contributed by atoms with Crippen LogP contribution in [0.1, 0.15) is 47.1 Å². The lowest BCUT2D eigenvalue weighted by Crippen LogP contribution is -2.43. The largest absolute Gasteiger partial charge is 0.387 e. The average molecular weight is 472 g/mol. The van der Waals surface area contributed by atoms with Gasteiger partial charge in [-0.25, -0.2) is 13.8 Å². The van der Waals surface area contributed by atoms with Crippen molar-refractivity contribution >= 4 is 28.6 Å². The van der Waals surface area contributed by atoms with Gasteiger partial charge in [0.15, 0.2) is 0 Å². The van der Waals surface area contributed by atoms with Crippen molar-refractivity contribution in [3.05, 3.63) is 58.4 Å². The summed E-state index contributed by atoms with van der Waals surface area (Å²) in [6.45, 7) is 1.43. The summed E-state index contributed by atoms with van der Waals surface area (Å²) in [7, 11) is 0. The van der Waals surface area contributed by atoms with Crippen molar-refractivity contribution in [1.82, 2.24) is 9.97 Å². The van der Waals surface area contributed by atoms with E-state index in [1.54, 1.807) is 6.20 Å². The Labute approximate surface area is 193 Å². The molecule has 0 bridgehead atoms. The molecule has 3 heterocycles. The van der Waals surface area contributed by atoms with E-state index in [9.17, 15) is 18.7 Å². The van der Waals surface area contributed by atoms with Gasteiger partial charge in [-0.1, -0.05) is 6.07 Å². The zero-order valence-corrected chi connectivity index (χ0v) is 18.5. The number of rotatable bonds is 4. The highest BCUT2D eigenvalue weighted by Gasteiger charge is 2.31. The predicted molar refractivity (Wildman–Crippen MR) is 122 cm³/mol. The van der Waals surface area contributed by atoms with Crippen molar-refractivity contribution in [3.63, 3.8) is 0 Å². The third kappa shape index (κ3) is 4.09. The van der Waals surface area contributed by atoms with Crippen LogP contribution in [0.5, 0.6) is 0 Å². The van der Waals surface area contributed by atoms with E-state index >= 15 is 0 Å². The molecule has 0 saturated carbocycles. The van der Waals surface area contributed by atoms with Gasteiger partial charge in [0.05, 0.1) is 34.9 Å². The number of nitrogens with zero attached hydrogens (tertiary/aromatic N) is 3. The van der Waals surface area contributed by atoms with Crippen LogP contribution in [0, 0.1) is 11.6 Å². The second kappa shape index (κ2) is 8.77. The Balaban J connectivity index is 1.46. The van der Waals surface area contributed by atoms with Gasteiger partial charge in [0.1, 0.15) is 22.3 Å². The van der Waals surface area contributed by atoms with E-state index in [1.807, 2.05) is 0 Å². The van der Waals surface area contributed by atoms with Crippen molar-refractivity contribution in [2.24, 2.45) is 5.73 Å². The van der Waals surface area contributed by atoms with Gasteiger partial charge in [-0.05, 0) is 37.8 Å². The van der Waals surface area contributed by atoms with E-state index in [2.05, 4.69) is 20.2 Å². The maximum absolute atomic E-state index is 14.1. The van der Waals surface area contributed by atoms with Crippen molar-refractivity contribution < 1.29 is 18.7 Å². The summed E-state index contributed by atoms with van der Waals surface area (Å²) in [4.78, 5) is 23.7. The highest BCUT2D eigenvalue weighted by atomic mass is 32.1. The van der Waals surface area contributed by atoms with Crippen molar-refractivity contribution in [3.8, 4) is 10.6 Å². The zero-order valence-electron chi connectivity index (χ0n) is 17.7. The molecule has 33 heavy (non-hydrogen) atoms. The maximum Gasteiger partial charge on any atom is 0.275 e. The second-order valence-electron chi connectivity index (χ2n) is 8.38. The van der Waals surface area contributed by atoms with Crippen LogP contribution < -0.4 is 16.0 Å². The van der Waals surface area contributed by atoms with Crippen LogP contribution in [0.4, 0.5) is 20.2 Å². The number of halogens is 2. The van der Waals surface area contributed by atoms with Gasteiger partial charge in [-0.3, -0.25) is 9.78 Å². The Hall–Kier alpha value is -2.95. The predicted octanol–water partition coefficient (Wildman–Crippen LogP) is 3.64. The summed E-state index contributed by atoms with van der Waals surface area (Å²) < 4.78 is 28.2. The SMILES string of the molecule is N[C@H]1CCCN(c2c(NC(=O)c3csc(-c4c(F)cccc4F)n3)cnc3c2CC[C@@H]3O)C1. The molecule has 4 N–H and O–H groups in total. The standard InChI is InChI=1S/C23H23F2N5O2S/c24-14-4-1-5-15(25)19(14)23-29-17(11-33-23)22(32)28-16-9-27-20-13(6-7-18(20)31)21(16)30-8-2-3-12(26)10-30/h1,4-5,9,11-12,18,31H,2-3,6-8,10,26H2,(H,28,32)/t12-,18-/m0/s1. The molecular weight excluding hydrogens is 448 g/mol. The van der Waals surface area contributed by atoms with Gasteiger partial charge < -0.3 is 21.1 Å². The smallest absolute Gasteiger partial charge is 0.275 e. The number of aliphatic hydroxyl groups excluding tert-OH is 1. The van der Waals surface area contributed by atoms with Crippen LogP contribution in [-0.4, -0.2) is 40.1 Å². The Bertz CT molecular complexity index is 1200. The number of nitrogens with one attached hydrogen (secondary N) is 1. The molecule has 0 spiro atoms. The van der Waals surface area contributed by atoms with E-state index in [0.717, 1.165) is 54.1 Å². The molecule has 1 aliphatic heterocycles. The summed E-state index contributed by atoms with van der Waals surface area (Å²) in [6.07, 6.45) is 4.02. The quantitative estimate of drug-likeness (QED) is 0.537. The van der Waals surface area contributed by atoms with Gasteiger partial charge in [0.2, 0.25) is 0 Å². The van der Waals surface area contributed by atoms with E-state index in [-0.39, 0.29) is 22.3 Å². The van der Waals surface area contributed by atoms with Crippen LogP contribution in [0.15, 0.2) is 29.8 Å². The minimum Gasteiger partial charge on any atom is -0.387 e. The minimum absolute atomic E-state index is 0.0224. The molecule has 5 rings (SSSR count). The van der Waals surface area contributed by atoms with Crippen LogP contribution in [-0.2, 0) is 6.42 Å². The summed E-state index contributed by atoms with van der Waals surface area (Å²) in [6, 6.07) is 3.61. The Morgan fingerprint density at radius 2 is 2.06 bits per heavy atom. The molecule has 1 saturated heterocycles. The fourth-order valence-electron chi connectivity index (χ4n) is 4.56. The third-order valence-electron chi connectivity index (χ3n) is 6.10. The van der Waals surface area contributed by atoms with Gasteiger partial charge in [-0.15, -0.1) is 11.3 Å². The summed E-state index contributed by atoms with van der Waals surface area (Å²) >= 11 is 0.995. The molecule has 1 aromatic carbocycles. The van der Waals surface area contributed by atoms with Crippen molar-refractivity contribution in [2.45, 2.75) is 37.8 Å². The third-order valence-corrected chi connectivity index (χ3v) is 6.96. The molecule has 1 amide bonds. The first-order valence-electron chi connectivity index (χ1n) is 10.8. The number of carbonyl (C=O) groups excluding carboxylic acids is 1. The number of anilines is 2. The highest BCUT2D eigenvalue weighted by Crippen LogP contribution is 2.41. The number of aliphatic hydroxyl groups is 1. The second-order valence-corrected chi connectivity index (χ2v) is 9.23. The average Bonchev–Trinajstić information content (AvgIpc) is 3.41. The van der Waals surface area contributed by atoms with E-state index in [4.69, 9.17) is 5.73 Å². The first kappa shape index (κ1) is 21.9. The monoisotopic (exact) mass is 471 g/mol. The lowest BCUT2D eigenvalue weighted by atomic mass is 10.0. The molecule has 0 radical (unpaired) electrons. The molecule has 10 heteroatoms. The fraction of sp³-hybridized carbons (Fsp3) is 0.348. The fourth-order valence-corrected chi connectivity index (χ4v) is 5.40. The number of piperidine rings is 1. The summed E-state index contributed by atoms with van der Waals surface area (Å²) in [5, 5.41) is 14.7. The van der Waals surface area contributed by atoms with Crippen LogP contribution in [0.25, 0.3) is 10.6 Å². The Morgan fingerprint density at radius 1 is 1.27 bits per heavy atom. The van der Waals surface area contributed by atoms with Gasteiger partial charge in [-0.2, -0.15) is 0 Å². The highest BCUT2D eigenvalue weighted by molar-refractivity contribution is 7.13. The number of amides is 1. The summed E-state index contributed by atoms with van der Waals surface area (Å²) in [5.74, 6) is -1.97. The normalized spacial score (nSPS) is 20.1. The molecule has 1 fully saturated rings. The number of pyridine rings is 1. The first-order chi connectivity index (χ1) is 15.9. The maximum atomic E-state index is 14.1. The van der Waals surface area contributed by atoms with E-state index < -0.39 is 23.6 Å².